The van der Waals surface area contributed by atoms with Gasteiger partial charge in [0.1, 0.15) is 13.1 Å². The Morgan fingerprint density at radius 3 is 1.29 bits per heavy atom. The normalized spacial score (nSPS) is 15.3. The van der Waals surface area contributed by atoms with Gasteiger partial charge in [0, 0.05) is 5.57 Å². The molecule has 0 aromatic heterocycles. The second-order valence-electron chi connectivity index (χ2n) is 11.9. The van der Waals surface area contributed by atoms with Crippen LogP contribution in [0.1, 0.15) is 168 Å². The van der Waals surface area contributed by atoms with Crippen molar-refractivity contribution < 1.29 is 4.48 Å². The fourth-order valence-corrected chi connectivity index (χ4v) is 6.19. The van der Waals surface area contributed by atoms with Gasteiger partial charge in [-0.25, -0.2) is 0 Å². The van der Waals surface area contributed by atoms with Crippen molar-refractivity contribution in [3.63, 3.8) is 0 Å². The van der Waals surface area contributed by atoms with Crippen LogP contribution in [-0.4, -0.2) is 30.7 Å². The monoisotopic (exact) mass is 489 g/mol. The van der Waals surface area contributed by atoms with E-state index in [0.29, 0.717) is 0 Å². The van der Waals surface area contributed by atoms with Crippen LogP contribution in [-0.2, 0) is 0 Å². The standard InChI is InChI=1S/C34H66N/c1-5-9-12-15-18-20-23-26-29-35(30-27-24-21-19-16-13-10-6-2)31-33(8-4)34(32-35)28-25-22-17-14-11-7-3/h8H,4-7,9-32H2,1-3H3/q+1. The van der Waals surface area contributed by atoms with Crippen molar-refractivity contribution >= 4 is 0 Å². The van der Waals surface area contributed by atoms with Gasteiger partial charge in [0.05, 0.1) is 13.1 Å². The lowest BCUT2D eigenvalue weighted by Crippen LogP contribution is -2.48. The first-order chi connectivity index (χ1) is 17.2. The molecule has 1 rings (SSSR count). The minimum Gasteiger partial charge on any atom is -0.316 e. The Bertz CT molecular complexity index is 497. The Kier molecular flexibility index (Phi) is 21.0. The molecule has 35 heavy (non-hydrogen) atoms. The summed E-state index contributed by atoms with van der Waals surface area (Å²) in [6.45, 7) is 16.6. The quantitative estimate of drug-likeness (QED) is 0.0838. The van der Waals surface area contributed by atoms with Crippen LogP contribution in [0.25, 0.3) is 0 Å². The van der Waals surface area contributed by atoms with Crippen molar-refractivity contribution in [2.75, 3.05) is 26.2 Å². The van der Waals surface area contributed by atoms with Gasteiger partial charge in [0.15, 0.2) is 0 Å². The highest BCUT2D eigenvalue weighted by Crippen LogP contribution is 2.31. The van der Waals surface area contributed by atoms with Crippen molar-refractivity contribution in [3.05, 3.63) is 23.8 Å². The molecule has 0 radical (unpaired) electrons. The van der Waals surface area contributed by atoms with E-state index in [0.717, 1.165) is 0 Å². The zero-order valence-corrected chi connectivity index (χ0v) is 24.8. The van der Waals surface area contributed by atoms with E-state index < -0.39 is 0 Å². The summed E-state index contributed by atoms with van der Waals surface area (Å²) in [5.74, 6) is 0. The molecule has 0 spiro atoms. The molecular weight excluding hydrogens is 422 g/mol. The topological polar surface area (TPSA) is 0 Å². The maximum atomic E-state index is 4.25. The van der Waals surface area contributed by atoms with E-state index in [1.54, 1.807) is 11.1 Å². The van der Waals surface area contributed by atoms with E-state index in [2.05, 4.69) is 33.4 Å². The van der Waals surface area contributed by atoms with Crippen LogP contribution in [0.5, 0.6) is 0 Å². The molecule has 1 heterocycles. The highest BCUT2D eigenvalue weighted by Gasteiger charge is 2.35. The van der Waals surface area contributed by atoms with E-state index in [1.807, 2.05) is 0 Å². The Labute approximate surface area is 222 Å². The molecule has 1 aliphatic heterocycles. The van der Waals surface area contributed by atoms with E-state index >= 15 is 0 Å². The van der Waals surface area contributed by atoms with Crippen LogP contribution < -0.4 is 0 Å². The fourth-order valence-electron chi connectivity index (χ4n) is 6.19. The summed E-state index contributed by atoms with van der Waals surface area (Å²) < 4.78 is 1.36. The molecule has 0 bridgehead atoms. The molecule has 0 N–H and O–H groups in total. The van der Waals surface area contributed by atoms with Crippen molar-refractivity contribution in [1.82, 2.24) is 0 Å². The Morgan fingerprint density at radius 2 is 0.886 bits per heavy atom. The molecule has 0 amide bonds. The molecular formula is C34H66N+. The third-order valence-corrected chi connectivity index (χ3v) is 8.54. The number of unbranched alkanes of at least 4 members (excludes halogenated alkanes) is 19. The Balaban J connectivity index is 2.47. The molecule has 0 aromatic carbocycles. The molecule has 0 fully saturated rings. The van der Waals surface area contributed by atoms with Gasteiger partial charge in [-0.15, -0.1) is 0 Å². The molecule has 0 atom stereocenters. The van der Waals surface area contributed by atoms with Crippen molar-refractivity contribution in [1.29, 1.82) is 0 Å². The second kappa shape index (κ2) is 22.6. The fraction of sp³-hybridized carbons (Fsp3) is 0.882. The van der Waals surface area contributed by atoms with Crippen molar-refractivity contribution in [2.45, 2.75) is 168 Å². The van der Waals surface area contributed by atoms with Gasteiger partial charge in [0.25, 0.3) is 0 Å². The molecule has 0 aromatic rings. The number of quaternary nitrogens is 1. The van der Waals surface area contributed by atoms with Gasteiger partial charge >= 0.3 is 0 Å². The lowest BCUT2D eigenvalue weighted by atomic mass is 10.0. The Hall–Kier alpha value is -0.560. The number of hydrogen-bond donors (Lipinski definition) is 0. The van der Waals surface area contributed by atoms with Crippen LogP contribution in [0.15, 0.2) is 23.8 Å². The zero-order chi connectivity index (χ0) is 25.5. The van der Waals surface area contributed by atoms with Gasteiger partial charge in [-0.05, 0) is 44.1 Å². The smallest absolute Gasteiger partial charge is 0.105 e. The molecule has 0 saturated heterocycles. The van der Waals surface area contributed by atoms with Gasteiger partial charge in [0.2, 0.25) is 0 Å². The lowest BCUT2D eigenvalue weighted by molar-refractivity contribution is -0.914. The summed E-state index contributed by atoms with van der Waals surface area (Å²) in [4.78, 5) is 0. The van der Waals surface area contributed by atoms with Crippen LogP contribution in [0, 0.1) is 0 Å². The van der Waals surface area contributed by atoms with Crippen molar-refractivity contribution in [3.8, 4) is 0 Å². The average Bonchev–Trinajstić information content (AvgIpc) is 3.22. The summed E-state index contributed by atoms with van der Waals surface area (Å²) in [6.07, 6.45) is 35.0. The number of hydrogen-bond acceptors (Lipinski definition) is 0. The highest BCUT2D eigenvalue weighted by atomic mass is 15.4. The predicted molar refractivity (Wildman–Crippen MR) is 160 cm³/mol. The Morgan fingerprint density at radius 1 is 0.514 bits per heavy atom. The van der Waals surface area contributed by atoms with Crippen LogP contribution in [0.4, 0.5) is 0 Å². The first kappa shape index (κ1) is 32.5. The first-order valence-electron chi connectivity index (χ1n) is 16.4. The maximum absolute atomic E-state index is 4.25. The molecule has 206 valence electrons. The van der Waals surface area contributed by atoms with Gasteiger partial charge < -0.3 is 4.48 Å². The summed E-state index contributed by atoms with van der Waals surface area (Å²) in [6, 6.07) is 0. The minimum atomic E-state index is 1.28. The highest BCUT2D eigenvalue weighted by molar-refractivity contribution is 5.28. The lowest BCUT2D eigenvalue weighted by Gasteiger charge is -2.35. The van der Waals surface area contributed by atoms with E-state index in [4.69, 9.17) is 0 Å². The van der Waals surface area contributed by atoms with Crippen LogP contribution >= 0.6 is 0 Å². The molecule has 1 heteroatoms. The van der Waals surface area contributed by atoms with E-state index in [9.17, 15) is 0 Å². The van der Waals surface area contributed by atoms with Crippen molar-refractivity contribution in [2.24, 2.45) is 0 Å². The molecule has 0 saturated carbocycles. The predicted octanol–water partition coefficient (Wildman–Crippen LogP) is 11.3. The van der Waals surface area contributed by atoms with Gasteiger partial charge in [-0.1, -0.05) is 143 Å². The summed E-state index contributed by atoms with van der Waals surface area (Å²) in [5, 5.41) is 0. The molecule has 0 aliphatic carbocycles. The average molecular weight is 489 g/mol. The summed E-state index contributed by atoms with van der Waals surface area (Å²) in [7, 11) is 0. The molecule has 0 unspecified atom stereocenters. The van der Waals surface area contributed by atoms with E-state index in [1.165, 1.54) is 178 Å². The first-order valence-corrected chi connectivity index (χ1v) is 16.4. The van der Waals surface area contributed by atoms with Crippen LogP contribution in [0.2, 0.25) is 0 Å². The van der Waals surface area contributed by atoms with Gasteiger partial charge in [-0.3, -0.25) is 0 Å². The van der Waals surface area contributed by atoms with Gasteiger partial charge in [-0.2, -0.15) is 0 Å². The second-order valence-corrected chi connectivity index (χ2v) is 11.9. The zero-order valence-electron chi connectivity index (χ0n) is 24.8. The molecule has 1 aliphatic rings. The molecule has 1 nitrogen and oxygen atoms in total. The SMILES string of the molecule is C=CC1=C(CCCCCCCC)C[N+](CCCCCCCCCC)(CCCCCCCCCC)C1. The number of nitrogens with zero attached hydrogens (tertiary/aromatic N) is 1. The van der Waals surface area contributed by atoms with Crippen LogP contribution in [0.3, 0.4) is 0 Å². The summed E-state index contributed by atoms with van der Waals surface area (Å²) >= 11 is 0. The minimum absolute atomic E-state index is 1.28. The third-order valence-electron chi connectivity index (χ3n) is 8.54. The third kappa shape index (κ3) is 16.0. The summed E-state index contributed by atoms with van der Waals surface area (Å²) in [5.41, 5.74) is 3.40. The number of rotatable bonds is 26. The largest absolute Gasteiger partial charge is 0.316 e. The van der Waals surface area contributed by atoms with E-state index in [-0.39, 0.29) is 0 Å². The maximum Gasteiger partial charge on any atom is 0.105 e.